The molecule has 0 aliphatic carbocycles. The maximum atomic E-state index is 12.7. The van der Waals surface area contributed by atoms with Crippen molar-refractivity contribution >= 4 is 22.6 Å². The highest BCUT2D eigenvalue weighted by molar-refractivity contribution is 6.13. The SMILES string of the molecule is CCc1cc2c(C(=O)Nc3cc[nH]c(=O)c3OC)cnc(OC)c2o1. The van der Waals surface area contributed by atoms with Gasteiger partial charge >= 0.3 is 0 Å². The van der Waals surface area contributed by atoms with Crippen LogP contribution in [0.2, 0.25) is 0 Å². The van der Waals surface area contributed by atoms with E-state index in [2.05, 4.69) is 15.3 Å². The monoisotopic (exact) mass is 343 g/mol. The van der Waals surface area contributed by atoms with E-state index < -0.39 is 11.5 Å². The Labute approximate surface area is 142 Å². The lowest BCUT2D eigenvalue weighted by Crippen LogP contribution is -2.17. The van der Waals surface area contributed by atoms with Crippen LogP contribution in [0.5, 0.6) is 11.6 Å². The van der Waals surface area contributed by atoms with Gasteiger partial charge in [-0.3, -0.25) is 9.59 Å². The van der Waals surface area contributed by atoms with Crippen LogP contribution in [0.25, 0.3) is 11.0 Å². The van der Waals surface area contributed by atoms with E-state index in [0.717, 1.165) is 0 Å². The summed E-state index contributed by atoms with van der Waals surface area (Å²) in [6.07, 6.45) is 3.50. The van der Waals surface area contributed by atoms with E-state index >= 15 is 0 Å². The summed E-state index contributed by atoms with van der Waals surface area (Å²) in [6.45, 7) is 1.94. The lowest BCUT2D eigenvalue weighted by Gasteiger charge is -2.09. The van der Waals surface area contributed by atoms with Crippen LogP contribution in [0.15, 0.2) is 33.7 Å². The summed E-state index contributed by atoms with van der Waals surface area (Å²) in [5.41, 5.74) is 0.542. The molecule has 0 radical (unpaired) electrons. The summed E-state index contributed by atoms with van der Waals surface area (Å²) < 4.78 is 15.9. The fourth-order valence-electron chi connectivity index (χ4n) is 2.51. The minimum atomic E-state index is -0.437. The van der Waals surface area contributed by atoms with Crippen molar-refractivity contribution in [2.45, 2.75) is 13.3 Å². The van der Waals surface area contributed by atoms with Crippen LogP contribution in [0.3, 0.4) is 0 Å². The van der Waals surface area contributed by atoms with E-state index in [4.69, 9.17) is 13.9 Å². The molecule has 0 unspecified atom stereocenters. The molecule has 130 valence electrons. The molecule has 0 atom stereocenters. The highest BCUT2D eigenvalue weighted by atomic mass is 16.5. The van der Waals surface area contributed by atoms with E-state index in [0.29, 0.717) is 34.6 Å². The van der Waals surface area contributed by atoms with Crippen LogP contribution < -0.4 is 20.3 Å². The molecule has 3 heterocycles. The van der Waals surface area contributed by atoms with Gasteiger partial charge in [0.15, 0.2) is 5.58 Å². The molecule has 0 aliphatic heterocycles. The number of pyridine rings is 2. The molecule has 0 spiro atoms. The molecular weight excluding hydrogens is 326 g/mol. The quantitative estimate of drug-likeness (QED) is 0.736. The largest absolute Gasteiger partial charge is 0.490 e. The van der Waals surface area contributed by atoms with Gasteiger partial charge in [-0.05, 0) is 12.1 Å². The number of amides is 1. The van der Waals surface area contributed by atoms with Gasteiger partial charge in [-0.15, -0.1) is 0 Å². The van der Waals surface area contributed by atoms with Gasteiger partial charge < -0.3 is 24.2 Å². The molecule has 0 saturated heterocycles. The first-order valence-corrected chi connectivity index (χ1v) is 7.61. The van der Waals surface area contributed by atoms with Crippen molar-refractivity contribution in [2.24, 2.45) is 0 Å². The summed E-state index contributed by atoms with van der Waals surface area (Å²) in [7, 11) is 2.84. The Bertz CT molecular complexity index is 990. The first-order valence-electron chi connectivity index (χ1n) is 7.61. The van der Waals surface area contributed by atoms with E-state index in [1.54, 1.807) is 12.1 Å². The van der Waals surface area contributed by atoms with Gasteiger partial charge in [0.05, 0.1) is 25.5 Å². The van der Waals surface area contributed by atoms with Crippen molar-refractivity contribution in [3.63, 3.8) is 0 Å². The smallest absolute Gasteiger partial charge is 0.292 e. The summed E-state index contributed by atoms with van der Waals surface area (Å²) in [4.78, 5) is 31.1. The fourth-order valence-corrected chi connectivity index (χ4v) is 2.51. The van der Waals surface area contributed by atoms with E-state index in [1.165, 1.54) is 26.6 Å². The molecule has 3 aromatic rings. The molecule has 8 nitrogen and oxygen atoms in total. The molecule has 3 aromatic heterocycles. The van der Waals surface area contributed by atoms with Crippen molar-refractivity contribution in [3.8, 4) is 11.6 Å². The maximum absolute atomic E-state index is 12.7. The summed E-state index contributed by atoms with van der Waals surface area (Å²) in [5.74, 6) is 0.603. The van der Waals surface area contributed by atoms with E-state index in [-0.39, 0.29) is 11.4 Å². The maximum Gasteiger partial charge on any atom is 0.292 e. The Hall–Kier alpha value is -3.29. The highest BCUT2D eigenvalue weighted by Gasteiger charge is 2.20. The Morgan fingerprint density at radius 2 is 2.16 bits per heavy atom. The zero-order valence-electron chi connectivity index (χ0n) is 14.0. The molecule has 0 aromatic carbocycles. The van der Waals surface area contributed by atoms with Gasteiger partial charge in [-0.2, -0.15) is 0 Å². The second-order valence-corrected chi connectivity index (χ2v) is 5.20. The van der Waals surface area contributed by atoms with E-state index in [1.807, 2.05) is 6.92 Å². The average molecular weight is 343 g/mol. The number of hydrogen-bond acceptors (Lipinski definition) is 6. The number of methoxy groups -OCH3 is 2. The zero-order valence-corrected chi connectivity index (χ0v) is 14.0. The molecule has 0 fully saturated rings. The molecule has 1 amide bonds. The number of aromatic nitrogens is 2. The number of carbonyl (C=O) groups excluding carboxylic acids is 1. The number of rotatable bonds is 5. The van der Waals surface area contributed by atoms with Crippen LogP contribution in [0.4, 0.5) is 5.69 Å². The van der Waals surface area contributed by atoms with Crippen LogP contribution in [-0.2, 0) is 6.42 Å². The molecule has 3 rings (SSSR count). The Balaban J connectivity index is 2.05. The number of fused-ring (bicyclic) bond motifs is 1. The second-order valence-electron chi connectivity index (χ2n) is 5.20. The third-order valence-corrected chi connectivity index (χ3v) is 3.73. The van der Waals surface area contributed by atoms with Gasteiger partial charge in [0.25, 0.3) is 17.3 Å². The number of carbonyl (C=O) groups is 1. The molecule has 25 heavy (non-hydrogen) atoms. The van der Waals surface area contributed by atoms with Crippen LogP contribution in [-0.4, -0.2) is 30.1 Å². The molecule has 8 heteroatoms. The molecule has 0 bridgehead atoms. The van der Waals surface area contributed by atoms with Gasteiger partial charge in [0, 0.05) is 24.2 Å². The Morgan fingerprint density at radius 1 is 1.36 bits per heavy atom. The number of anilines is 1. The highest BCUT2D eigenvalue weighted by Crippen LogP contribution is 2.30. The number of ether oxygens (including phenoxy) is 2. The lowest BCUT2D eigenvalue weighted by atomic mass is 10.1. The van der Waals surface area contributed by atoms with Crippen LogP contribution in [0.1, 0.15) is 23.0 Å². The first-order chi connectivity index (χ1) is 12.1. The predicted molar refractivity (Wildman–Crippen MR) is 91.5 cm³/mol. The van der Waals surface area contributed by atoms with Gasteiger partial charge in [0.1, 0.15) is 5.76 Å². The summed E-state index contributed by atoms with van der Waals surface area (Å²) in [5, 5.41) is 3.26. The minimum Gasteiger partial charge on any atom is -0.490 e. The number of nitrogens with one attached hydrogen (secondary N) is 2. The first kappa shape index (κ1) is 16.6. The zero-order chi connectivity index (χ0) is 18.0. The minimum absolute atomic E-state index is 0.0232. The third-order valence-electron chi connectivity index (χ3n) is 3.73. The van der Waals surface area contributed by atoms with Crippen molar-refractivity contribution in [2.75, 3.05) is 19.5 Å². The molecule has 0 aliphatic rings. The number of nitrogens with zero attached hydrogens (tertiary/aromatic N) is 1. The standard InChI is InChI=1S/C17H17N3O5/c1-4-9-7-10-11(8-19-17(24-3)13(10)25-9)15(21)20-12-5-6-18-16(22)14(12)23-2/h5-8H,4H2,1-3H3,(H2,18,20,21,22). The van der Waals surface area contributed by atoms with Gasteiger partial charge in [0.2, 0.25) is 5.75 Å². The normalized spacial score (nSPS) is 10.7. The van der Waals surface area contributed by atoms with E-state index in [9.17, 15) is 9.59 Å². The third kappa shape index (κ3) is 2.93. The van der Waals surface area contributed by atoms with Crippen molar-refractivity contribution in [1.82, 2.24) is 9.97 Å². The van der Waals surface area contributed by atoms with Crippen molar-refractivity contribution < 1.29 is 18.7 Å². The number of furan rings is 1. The number of H-pyrrole nitrogens is 1. The Kier molecular flexibility index (Phi) is 4.42. The summed E-state index contributed by atoms with van der Waals surface area (Å²) >= 11 is 0. The number of hydrogen-bond donors (Lipinski definition) is 2. The van der Waals surface area contributed by atoms with Crippen LogP contribution in [0, 0.1) is 0 Å². The lowest BCUT2D eigenvalue weighted by molar-refractivity contribution is 0.102. The van der Waals surface area contributed by atoms with Crippen LogP contribution >= 0.6 is 0 Å². The molecule has 2 N–H and O–H groups in total. The summed E-state index contributed by atoms with van der Waals surface area (Å²) in [6, 6.07) is 3.32. The van der Waals surface area contributed by atoms with Gasteiger partial charge in [-0.25, -0.2) is 4.98 Å². The molecule has 0 saturated carbocycles. The van der Waals surface area contributed by atoms with Crippen molar-refractivity contribution in [1.29, 1.82) is 0 Å². The van der Waals surface area contributed by atoms with Gasteiger partial charge in [-0.1, -0.05) is 6.92 Å². The predicted octanol–water partition coefficient (Wildman–Crippen LogP) is 2.35. The number of aryl methyl sites for hydroxylation is 1. The number of aromatic amines is 1. The molecular formula is C17H17N3O5. The van der Waals surface area contributed by atoms with Crippen molar-refractivity contribution in [3.05, 3.63) is 46.2 Å². The fraction of sp³-hybridized carbons (Fsp3) is 0.235. The Morgan fingerprint density at radius 3 is 2.84 bits per heavy atom. The second kappa shape index (κ2) is 6.68. The average Bonchev–Trinajstić information content (AvgIpc) is 3.05. The topological polar surface area (TPSA) is 106 Å².